The van der Waals surface area contributed by atoms with Crippen molar-refractivity contribution in [2.45, 2.75) is 37.0 Å². The highest BCUT2D eigenvalue weighted by Crippen LogP contribution is 2.21. The molecule has 5 atom stereocenters. The Morgan fingerprint density at radius 3 is 1.89 bits per heavy atom. The molecule has 0 saturated heterocycles. The lowest BCUT2D eigenvalue weighted by molar-refractivity contribution is -0.0413. The molecule has 100 valence electrons. The molecule has 6 heteroatoms. The number of hydrogen-bond acceptors (Lipinski definition) is 5. The Kier molecular flexibility index (Phi) is 3.94. The van der Waals surface area contributed by atoms with E-state index in [1.165, 1.54) is 12.1 Å². The van der Waals surface area contributed by atoms with Gasteiger partial charge in [-0.25, -0.2) is 4.39 Å². The van der Waals surface area contributed by atoms with Gasteiger partial charge in [-0.1, -0.05) is 12.1 Å². The molecule has 1 aromatic rings. The van der Waals surface area contributed by atoms with Crippen LogP contribution in [0.25, 0.3) is 0 Å². The normalized spacial score (nSPS) is 35.9. The Hall–Kier alpha value is -1.05. The third kappa shape index (κ3) is 2.52. The van der Waals surface area contributed by atoms with Crippen LogP contribution in [0.3, 0.4) is 0 Å². The fourth-order valence-electron chi connectivity index (χ4n) is 2.11. The van der Waals surface area contributed by atoms with Crippen molar-refractivity contribution in [1.29, 1.82) is 0 Å². The van der Waals surface area contributed by atoms with Crippen molar-refractivity contribution in [1.82, 2.24) is 5.32 Å². The molecule has 1 aliphatic rings. The first-order valence-electron chi connectivity index (χ1n) is 5.71. The van der Waals surface area contributed by atoms with Crippen LogP contribution in [0, 0.1) is 5.82 Å². The summed E-state index contributed by atoms with van der Waals surface area (Å²) in [5, 5.41) is 40.9. The van der Waals surface area contributed by atoms with E-state index in [0.29, 0.717) is 6.54 Å². The van der Waals surface area contributed by atoms with E-state index in [4.69, 9.17) is 0 Å². The highest BCUT2D eigenvalue weighted by Gasteiger charge is 2.47. The summed E-state index contributed by atoms with van der Waals surface area (Å²) in [5.74, 6) is -0.342. The second kappa shape index (κ2) is 5.29. The molecule has 5 N–H and O–H groups in total. The van der Waals surface area contributed by atoms with Crippen LogP contribution in [0.2, 0.25) is 0 Å². The van der Waals surface area contributed by atoms with Gasteiger partial charge in [-0.2, -0.15) is 0 Å². The summed E-state index contributed by atoms with van der Waals surface area (Å²) >= 11 is 0. The number of benzene rings is 1. The average Bonchev–Trinajstić information content (AvgIpc) is 2.54. The molecule has 0 bridgehead atoms. The zero-order chi connectivity index (χ0) is 13.3. The van der Waals surface area contributed by atoms with Crippen molar-refractivity contribution < 1.29 is 24.8 Å². The summed E-state index contributed by atoms with van der Waals surface area (Å²) in [6.45, 7) is 0.290. The van der Waals surface area contributed by atoms with Crippen molar-refractivity contribution >= 4 is 0 Å². The van der Waals surface area contributed by atoms with Crippen LogP contribution in [-0.2, 0) is 6.54 Å². The van der Waals surface area contributed by atoms with Gasteiger partial charge >= 0.3 is 0 Å². The molecule has 0 aromatic heterocycles. The van der Waals surface area contributed by atoms with Gasteiger partial charge in [0.15, 0.2) is 0 Å². The fourth-order valence-corrected chi connectivity index (χ4v) is 2.11. The van der Waals surface area contributed by atoms with Crippen LogP contribution < -0.4 is 5.32 Å². The Bertz CT molecular complexity index is 386. The molecule has 5 nitrogen and oxygen atoms in total. The second-order valence-electron chi connectivity index (χ2n) is 4.50. The van der Waals surface area contributed by atoms with Crippen LogP contribution in [0.15, 0.2) is 24.3 Å². The summed E-state index contributed by atoms with van der Waals surface area (Å²) in [5.41, 5.74) is 0.770. The fraction of sp³-hybridized carbons (Fsp3) is 0.500. The van der Waals surface area contributed by atoms with Gasteiger partial charge in [0.25, 0.3) is 0 Å². The largest absolute Gasteiger partial charge is 0.389 e. The van der Waals surface area contributed by atoms with Gasteiger partial charge in [-0.05, 0) is 17.7 Å². The first-order chi connectivity index (χ1) is 8.50. The predicted molar refractivity (Wildman–Crippen MR) is 61.1 cm³/mol. The summed E-state index contributed by atoms with van der Waals surface area (Å²) in [7, 11) is 0. The topological polar surface area (TPSA) is 93.0 Å². The lowest BCUT2D eigenvalue weighted by Gasteiger charge is -2.20. The number of rotatable bonds is 3. The van der Waals surface area contributed by atoms with E-state index in [1.807, 2.05) is 0 Å². The van der Waals surface area contributed by atoms with Gasteiger partial charge in [0.2, 0.25) is 0 Å². The average molecular weight is 257 g/mol. The van der Waals surface area contributed by atoms with Gasteiger partial charge in [0, 0.05) is 6.54 Å². The zero-order valence-corrected chi connectivity index (χ0v) is 9.57. The van der Waals surface area contributed by atoms with Crippen LogP contribution in [0.1, 0.15) is 5.56 Å². The maximum atomic E-state index is 12.7. The van der Waals surface area contributed by atoms with Gasteiger partial charge in [0.1, 0.15) is 30.2 Å². The second-order valence-corrected chi connectivity index (χ2v) is 4.50. The SMILES string of the molecule is O[C@@H]1[C@H](O)[C@H](O)C(NCc2ccc(F)cc2)[C@@H]1O. The lowest BCUT2D eigenvalue weighted by atomic mass is 10.1. The lowest BCUT2D eigenvalue weighted by Crippen LogP contribution is -2.44. The standard InChI is InChI=1S/C12H16FNO4/c13-7-3-1-6(2-4-7)5-14-8-9(15)11(17)12(18)10(8)16/h1-4,8-12,14-18H,5H2/t8?,9-,10+,11-,12+. The summed E-state index contributed by atoms with van der Waals surface area (Å²) in [4.78, 5) is 0. The predicted octanol–water partition coefficient (Wildman–Crippen LogP) is -1.26. The number of nitrogens with one attached hydrogen (secondary N) is 1. The van der Waals surface area contributed by atoms with Crippen molar-refractivity contribution in [2.75, 3.05) is 0 Å². The van der Waals surface area contributed by atoms with Gasteiger partial charge in [-0.15, -0.1) is 0 Å². The van der Waals surface area contributed by atoms with Crippen molar-refractivity contribution in [3.8, 4) is 0 Å². The van der Waals surface area contributed by atoms with Crippen LogP contribution in [0.5, 0.6) is 0 Å². The minimum absolute atomic E-state index is 0.290. The van der Waals surface area contributed by atoms with E-state index in [0.717, 1.165) is 5.56 Å². The summed E-state index contributed by atoms with van der Waals surface area (Å²) in [6, 6.07) is 4.94. The number of halogens is 1. The van der Waals surface area contributed by atoms with Crippen molar-refractivity contribution in [3.05, 3.63) is 35.6 Å². The Balaban J connectivity index is 1.96. The molecule has 2 rings (SSSR count). The highest BCUT2D eigenvalue weighted by molar-refractivity contribution is 5.16. The van der Waals surface area contributed by atoms with Gasteiger partial charge < -0.3 is 25.7 Å². The molecule has 1 aromatic carbocycles. The van der Waals surface area contributed by atoms with Crippen molar-refractivity contribution in [2.24, 2.45) is 0 Å². The van der Waals surface area contributed by atoms with E-state index in [9.17, 15) is 24.8 Å². The van der Waals surface area contributed by atoms with Crippen LogP contribution in [-0.4, -0.2) is 50.9 Å². The van der Waals surface area contributed by atoms with E-state index in [1.54, 1.807) is 12.1 Å². The van der Waals surface area contributed by atoms with Crippen LogP contribution in [0.4, 0.5) is 4.39 Å². The third-order valence-corrected chi connectivity index (χ3v) is 3.24. The Morgan fingerprint density at radius 1 is 0.889 bits per heavy atom. The van der Waals surface area contributed by atoms with Gasteiger partial charge in [0.05, 0.1) is 6.04 Å². The van der Waals surface area contributed by atoms with Gasteiger partial charge in [-0.3, -0.25) is 0 Å². The minimum atomic E-state index is -1.37. The first-order valence-corrected chi connectivity index (χ1v) is 5.71. The van der Waals surface area contributed by atoms with E-state index < -0.39 is 30.5 Å². The molecular weight excluding hydrogens is 241 g/mol. The Labute approximate surface area is 104 Å². The molecule has 1 unspecified atom stereocenters. The minimum Gasteiger partial charge on any atom is -0.389 e. The highest BCUT2D eigenvalue weighted by atomic mass is 19.1. The quantitative estimate of drug-likeness (QED) is 0.466. The zero-order valence-electron chi connectivity index (χ0n) is 9.57. The number of aliphatic hydroxyl groups excluding tert-OH is 4. The molecule has 0 spiro atoms. The maximum absolute atomic E-state index is 12.7. The molecule has 1 fully saturated rings. The molecule has 18 heavy (non-hydrogen) atoms. The Morgan fingerprint density at radius 2 is 1.39 bits per heavy atom. The smallest absolute Gasteiger partial charge is 0.123 e. The molecule has 0 amide bonds. The van der Waals surface area contributed by atoms with Crippen LogP contribution >= 0.6 is 0 Å². The first kappa shape index (κ1) is 13.4. The molecule has 1 saturated carbocycles. The summed E-state index contributed by atoms with van der Waals surface area (Å²) in [6.07, 6.45) is -5.22. The molecule has 0 aliphatic heterocycles. The van der Waals surface area contributed by atoms with E-state index in [-0.39, 0.29) is 5.82 Å². The monoisotopic (exact) mass is 257 g/mol. The van der Waals surface area contributed by atoms with E-state index >= 15 is 0 Å². The number of hydrogen-bond donors (Lipinski definition) is 5. The molecule has 0 heterocycles. The maximum Gasteiger partial charge on any atom is 0.123 e. The molecular formula is C12H16FNO4. The van der Waals surface area contributed by atoms with Crippen molar-refractivity contribution in [3.63, 3.8) is 0 Å². The van der Waals surface area contributed by atoms with E-state index in [2.05, 4.69) is 5.32 Å². The molecule has 0 radical (unpaired) electrons. The third-order valence-electron chi connectivity index (χ3n) is 3.24. The number of aliphatic hydroxyl groups is 4. The molecule has 1 aliphatic carbocycles. The summed E-state index contributed by atoms with van der Waals surface area (Å²) < 4.78 is 12.7.